The Labute approximate surface area is 108 Å². The molecule has 0 bridgehead atoms. The lowest BCUT2D eigenvalue weighted by Gasteiger charge is -2.27. The SMILES string of the molecule is CCCCCNC(C)(C)c1ccc(Br)cc1. The highest BCUT2D eigenvalue weighted by molar-refractivity contribution is 9.10. The molecule has 90 valence electrons. The maximum absolute atomic E-state index is 3.61. The third-order valence-electron chi connectivity index (χ3n) is 2.91. The molecule has 0 aliphatic heterocycles. The summed E-state index contributed by atoms with van der Waals surface area (Å²) in [7, 11) is 0. The smallest absolute Gasteiger partial charge is 0.0377 e. The summed E-state index contributed by atoms with van der Waals surface area (Å²) in [4.78, 5) is 0. The second kappa shape index (κ2) is 6.41. The minimum absolute atomic E-state index is 0.0639. The molecule has 0 aliphatic rings. The Morgan fingerprint density at radius 1 is 1.12 bits per heavy atom. The minimum Gasteiger partial charge on any atom is -0.308 e. The molecular formula is C14H22BrN. The van der Waals surface area contributed by atoms with Gasteiger partial charge in [0.25, 0.3) is 0 Å². The van der Waals surface area contributed by atoms with Crippen molar-refractivity contribution in [1.29, 1.82) is 0 Å². The Kier molecular flexibility index (Phi) is 5.50. The lowest BCUT2D eigenvalue weighted by Crippen LogP contribution is -2.37. The van der Waals surface area contributed by atoms with Crippen LogP contribution in [0, 0.1) is 0 Å². The van der Waals surface area contributed by atoms with Crippen molar-refractivity contribution in [3.8, 4) is 0 Å². The van der Waals surface area contributed by atoms with Gasteiger partial charge < -0.3 is 5.32 Å². The number of hydrogen-bond acceptors (Lipinski definition) is 1. The zero-order chi connectivity index (χ0) is 12.0. The molecule has 1 rings (SSSR count). The van der Waals surface area contributed by atoms with Crippen molar-refractivity contribution in [3.63, 3.8) is 0 Å². The average molecular weight is 284 g/mol. The van der Waals surface area contributed by atoms with E-state index in [1.165, 1.54) is 24.8 Å². The summed E-state index contributed by atoms with van der Waals surface area (Å²) in [5, 5.41) is 3.61. The zero-order valence-electron chi connectivity index (χ0n) is 10.5. The Bertz CT molecular complexity index is 303. The molecule has 2 heteroatoms. The van der Waals surface area contributed by atoms with Gasteiger partial charge in [0.05, 0.1) is 0 Å². The Hall–Kier alpha value is -0.340. The summed E-state index contributed by atoms with van der Waals surface area (Å²) in [6.45, 7) is 7.81. The topological polar surface area (TPSA) is 12.0 Å². The van der Waals surface area contributed by atoms with Gasteiger partial charge in [-0.05, 0) is 44.5 Å². The molecule has 0 saturated carbocycles. The van der Waals surface area contributed by atoms with Crippen molar-refractivity contribution < 1.29 is 0 Å². The van der Waals surface area contributed by atoms with E-state index in [-0.39, 0.29) is 5.54 Å². The van der Waals surface area contributed by atoms with Gasteiger partial charge in [0.15, 0.2) is 0 Å². The predicted octanol–water partition coefficient (Wildman–Crippen LogP) is 4.46. The van der Waals surface area contributed by atoms with Gasteiger partial charge in [0.1, 0.15) is 0 Å². The molecule has 0 aromatic heterocycles. The first-order chi connectivity index (χ1) is 7.56. The fraction of sp³-hybridized carbons (Fsp3) is 0.571. The maximum Gasteiger partial charge on any atom is 0.0377 e. The fourth-order valence-electron chi connectivity index (χ4n) is 1.74. The van der Waals surface area contributed by atoms with Crippen LogP contribution in [0.25, 0.3) is 0 Å². The second-order valence-electron chi connectivity index (χ2n) is 4.77. The molecular weight excluding hydrogens is 262 g/mol. The second-order valence-corrected chi connectivity index (χ2v) is 5.68. The predicted molar refractivity (Wildman–Crippen MR) is 74.7 cm³/mol. The molecule has 0 unspecified atom stereocenters. The van der Waals surface area contributed by atoms with E-state index in [2.05, 4.69) is 66.3 Å². The van der Waals surface area contributed by atoms with Crippen LogP contribution in [0.3, 0.4) is 0 Å². The lowest BCUT2D eigenvalue weighted by atomic mass is 9.94. The summed E-state index contributed by atoms with van der Waals surface area (Å²) in [6.07, 6.45) is 3.85. The molecule has 1 nitrogen and oxygen atoms in total. The van der Waals surface area contributed by atoms with Crippen LogP contribution in [0.1, 0.15) is 45.6 Å². The van der Waals surface area contributed by atoms with Crippen molar-refractivity contribution in [3.05, 3.63) is 34.3 Å². The fourth-order valence-corrected chi connectivity index (χ4v) is 2.01. The van der Waals surface area contributed by atoms with E-state index in [1.54, 1.807) is 0 Å². The Balaban J connectivity index is 2.52. The molecule has 1 aromatic carbocycles. The van der Waals surface area contributed by atoms with E-state index in [1.807, 2.05) is 0 Å². The number of hydrogen-bond donors (Lipinski definition) is 1. The Morgan fingerprint density at radius 2 is 1.75 bits per heavy atom. The first-order valence-electron chi connectivity index (χ1n) is 6.07. The van der Waals surface area contributed by atoms with Gasteiger partial charge >= 0.3 is 0 Å². The highest BCUT2D eigenvalue weighted by atomic mass is 79.9. The molecule has 0 saturated heterocycles. The molecule has 0 radical (unpaired) electrons. The van der Waals surface area contributed by atoms with E-state index in [4.69, 9.17) is 0 Å². The third-order valence-corrected chi connectivity index (χ3v) is 3.44. The molecule has 0 amide bonds. The minimum atomic E-state index is 0.0639. The highest BCUT2D eigenvalue weighted by Crippen LogP contribution is 2.22. The van der Waals surface area contributed by atoms with Crippen LogP contribution in [0.5, 0.6) is 0 Å². The average Bonchev–Trinajstić information content (AvgIpc) is 2.25. The number of halogens is 1. The van der Waals surface area contributed by atoms with E-state index in [0.29, 0.717) is 0 Å². The van der Waals surface area contributed by atoms with Crippen LogP contribution in [-0.4, -0.2) is 6.54 Å². The van der Waals surface area contributed by atoms with Crippen molar-refractivity contribution in [2.24, 2.45) is 0 Å². The van der Waals surface area contributed by atoms with Crippen LogP contribution in [0.15, 0.2) is 28.7 Å². The molecule has 16 heavy (non-hydrogen) atoms. The van der Waals surface area contributed by atoms with Crippen LogP contribution in [-0.2, 0) is 5.54 Å². The quantitative estimate of drug-likeness (QED) is 0.760. The van der Waals surface area contributed by atoms with Gasteiger partial charge in [0, 0.05) is 10.0 Å². The van der Waals surface area contributed by atoms with Gasteiger partial charge in [-0.1, -0.05) is 47.8 Å². The first-order valence-corrected chi connectivity index (χ1v) is 6.86. The van der Waals surface area contributed by atoms with Crippen LogP contribution < -0.4 is 5.32 Å². The maximum atomic E-state index is 3.61. The van der Waals surface area contributed by atoms with Gasteiger partial charge in [-0.3, -0.25) is 0 Å². The largest absolute Gasteiger partial charge is 0.308 e. The third kappa shape index (κ3) is 4.26. The van der Waals surface area contributed by atoms with Crippen molar-refractivity contribution >= 4 is 15.9 Å². The molecule has 0 fully saturated rings. The van der Waals surface area contributed by atoms with Gasteiger partial charge in [0.2, 0.25) is 0 Å². The molecule has 1 N–H and O–H groups in total. The van der Waals surface area contributed by atoms with Crippen molar-refractivity contribution in [2.45, 2.75) is 45.6 Å². The monoisotopic (exact) mass is 283 g/mol. The number of nitrogens with one attached hydrogen (secondary N) is 1. The highest BCUT2D eigenvalue weighted by Gasteiger charge is 2.18. The summed E-state index contributed by atoms with van der Waals surface area (Å²) in [5.74, 6) is 0. The zero-order valence-corrected chi connectivity index (χ0v) is 12.1. The van der Waals surface area contributed by atoms with E-state index in [9.17, 15) is 0 Å². The number of unbranched alkanes of at least 4 members (excludes halogenated alkanes) is 2. The van der Waals surface area contributed by atoms with E-state index < -0.39 is 0 Å². The summed E-state index contributed by atoms with van der Waals surface area (Å²) >= 11 is 3.46. The van der Waals surface area contributed by atoms with Gasteiger partial charge in [-0.2, -0.15) is 0 Å². The van der Waals surface area contributed by atoms with Crippen LogP contribution >= 0.6 is 15.9 Å². The molecule has 1 aromatic rings. The summed E-state index contributed by atoms with van der Waals surface area (Å²) in [6, 6.07) is 8.56. The first kappa shape index (κ1) is 13.7. The van der Waals surface area contributed by atoms with E-state index in [0.717, 1.165) is 11.0 Å². The van der Waals surface area contributed by atoms with Crippen molar-refractivity contribution in [1.82, 2.24) is 5.32 Å². The molecule has 0 spiro atoms. The lowest BCUT2D eigenvalue weighted by molar-refractivity contribution is 0.396. The van der Waals surface area contributed by atoms with Gasteiger partial charge in [-0.15, -0.1) is 0 Å². The standard InChI is InChI=1S/C14H22BrN/c1-4-5-6-11-16-14(2,3)12-7-9-13(15)10-8-12/h7-10,16H,4-6,11H2,1-3H3. The van der Waals surface area contributed by atoms with Gasteiger partial charge in [-0.25, -0.2) is 0 Å². The number of benzene rings is 1. The molecule has 0 atom stereocenters. The van der Waals surface area contributed by atoms with Crippen LogP contribution in [0.2, 0.25) is 0 Å². The molecule has 0 aliphatic carbocycles. The number of rotatable bonds is 6. The Morgan fingerprint density at radius 3 is 2.31 bits per heavy atom. The summed E-state index contributed by atoms with van der Waals surface area (Å²) in [5.41, 5.74) is 1.40. The van der Waals surface area contributed by atoms with E-state index >= 15 is 0 Å². The van der Waals surface area contributed by atoms with Crippen LogP contribution in [0.4, 0.5) is 0 Å². The molecule has 0 heterocycles. The van der Waals surface area contributed by atoms with Crippen molar-refractivity contribution in [2.75, 3.05) is 6.54 Å². The normalized spacial score (nSPS) is 11.8. The summed E-state index contributed by atoms with van der Waals surface area (Å²) < 4.78 is 1.14.